The fourth-order valence-electron chi connectivity index (χ4n) is 3.08. The topological polar surface area (TPSA) is 94.0 Å². The normalized spacial score (nSPS) is 17.8. The molecule has 0 fully saturated rings. The van der Waals surface area contributed by atoms with Crippen LogP contribution in [0.4, 0.5) is 5.82 Å². The van der Waals surface area contributed by atoms with E-state index in [-0.39, 0.29) is 19.3 Å². The molecule has 1 aromatic carbocycles. The van der Waals surface area contributed by atoms with E-state index in [4.69, 9.17) is 10.00 Å². The molecule has 0 amide bonds. The number of nitrogens with zero attached hydrogens (tertiary/aromatic N) is 2. The number of hydrogen-bond acceptors (Lipinski definition) is 5. The Bertz CT molecular complexity index is 735. The second-order valence-corrected chi connectivity index (χ2v) is 6.13. The molecule has 6 nitrogen and oxygen atoms in total. The molecule has 0 unspecified atom stereocenters. The van der Waals surface area contributed by atoms with Crippen LogP contribution < -0.4 is 5.32 Å². The Hall–Kier alpha value is -2.36. The first-order valence-electron chi connectivity index (χ1n) is 8.25. The lowest BCUT2D eigenvalue weighted by Gasteiger charge is -2.26. The predicted octanol–water partition coefficient (Wildman–Crippen LogP) is 2.46. The summed E-state index contributed by atoms with van der Waals surface area (Å²) >= 11 is 0. The molecule has 24 heavy (non-hydrogen) atoms. The Morgan fingerprint density at radius 3 is 3.17 bits per heavy atom. The van der Waals surface area contributed by atoms with Gasteiger partial charge in [0.1, 0.15) is 11.6 Å². The number of hydrogen-bond donors (Lipinski definition) is 3. The van der Waals surface area contributed by atoms with Gasteiger partial charge in [0.15, 0.2) is 5.82 Å². The first-order valence-corrected chi connectivity index (χ1v) is 8.25. The number of nitriles is 1. The van der Waals surface area contributed by atoms with Crippen LogP contribution in [0.3, 0.4) is 0 Å². The number of aliphatic hydroxyl groups excluding tert-OH is 1. The molecule has 0 bridgehead atoms. The highest BCUT2D eigenvalue weighted by atomic mass is 16.5. The van der Waals surface area contributed by atoms with Gasteiger partial charge in [-0.05, 0) is 37.3 Å². The van der Waals surface area contributed by atoms with Gasteiger partial charge in [0.05, 0.1) is 24.5 Å². The molecule has 6 heteroatoms. The van der Waals surface area contributed by atoms with Gasteiger partial charge < -0.3 is 15.2 Å². The lowest BCUT2D eigenvalue weighted by molar-refractivity contribution is -0.0129. The molecule has 1 heterocycles. The lowest BCUT2D eigenvalue weighted by atomic mass is 9.89. The predicted molar refractivity (Wildman–Crippen MR) is 90.6 cm³/mol. The Kier molecular flexibility index (Phi) is 5.14. The van der Waals surface area contributed by atoms with Crippen molar-refractivity contribution in [3.05, 3.63) is 46.6 Å². The van der Waals surface area contributed by atoms with Crippen LogP contribution in [-0.4, -0.2) is 34.6 Å². The van der Waals surface area contributed by atoms with E-state index in [1.165, 1.54) is 11.1 Å². The molecule has 2 aromatic rings. The summed E-state index contributed by atoms with van der Waals surface area (Å²) in [5, 5.41) is 29.0. The van der Waals surface area contributed by atoms with E-state index in [2.05, 4.69) is 39.8 Å². The molecule has 2 atom stereocenters. The van der Waals surface area contributed by atoms with Crippen LogP contribution in [0.2, 0.25) is 0 Å². The van der Waals surface area contributed by atoms with E-state index < -0.39 is 6.10 Å². The Balaban J connectivity index is 1.51. The SMILES string of the molecule is Cc1[nH]nc(NC[C@H](O)CO[C@@H]2CCCc3ccccc32)c1C#N. The van der Waals surface area contributed by atoms with Crippen LogP contribution >= 0.6 is 0 Å². The van der Waals surface area contributed by atoms with Gasteiger partial charge in [-0.1, -0.05) is 24.3 Å². The average Bonchev–Trinajstić information content (AvgIpc) is 2.97. The van der Waals surface area contributed by atoms with Crippen LogP contribution in [0.25, 0.3) is 0 Å². The highest BCUT2D eigenvalue weighted by molar-refractivity contribution is 5.53. The number of ether oxygens (including phenoxy) is 1. The summed E-state index contributed by atoms with van der Waals surface area (Å²) in [4.78, 5) is 0. The van der Waals surface area contributed by atoms with Crippen molar-refractivity contribution in [2.24, 2.45) is 0 Å². The quantitative estimate of drug-likeness (QED) is 0.758. The zero-order valence-electron chi connectivity index (χ0n) is 13.7. The molecule has 0 spiro atoms. The number of rotatable bonds is 6. The van der Waals surface area contributed by atoms with Crippen molar-refractivity contribution in [1.82, 2.24) is 10.2 Å². The van der Waals surface area contributed by atoms with Crippen LogP contribution in [0, 0.1) is 18.3 Å². The summed E-state index contributed by atoms with van der Waals surface area (Å²) in [6.45, 7) is 2.32. The Morgan fingerprint density at radius 1 is 1.50 bits per heavy atom. The summed E-state index contributed by atoms with van der Waals surface area (Å²) in [5.74, 6) is 0.470. The second kappa shape index (κ2) is 7.47. The molecule has 1 aliphatic carbocycles. The van der Waals surface area contributed by atoms with Crippen molar-refractivity contribution in [2.45, 2.75) is 38.4 Å². The third-order valence-corrected chi connectivity index (χ3v) is 4.37. The first kappa shape index (κ1) is 16.5. The molecule has 3 rings (SSSR count). The summed E-state index contributed by atoms with van der Waals surface area (Å²) in [6.07, 6.45) is 2.56. The van der Waals surface area contributed by atoms with E-state index in [1.807, 2.05) is 6.07 Å². The monoisotopic (exact) mass is 326 g/mol. The van der Waals surface area contributed by atoms with E-state index in [0.29, 0.717) is 17.1 Å². The smallest absolute Gasteiger partial charge is 0.166 e. The highest BCUT2D eigenvalue weighted by Crippen LogP contribution is 2.32. The van der Waals surface area contributed by atoms with E-state index >= 15 is 0 Å². The first-order chi connectivity index (χ1) is 11.7. The largest absolute Gasteiger partial charge is 0.389 e. The second-order valence-electron chi connectivity index (χ2n) is 6.13. The van der Waals surface area contributed by atoms with Crippen LogP contribution in [-0.2, 0) is 11.2 Å². The maximum Gasteiger partial charge on any atom is 0.166 e. The van der Waals surface area contributed by atoms with Gasteiger partial charge in [-0.25, -0.2) is 0 Å². The third-order valence-electron chi connectivity index (χ3n) is 4.37. The standard InChI is InChI=1S/C18H22N4O2/c1-12-16(9-19)18(22-21-12)20-10-14(23)11-24-17-8-4-6-13-5-2-3-7-15(13)17/h2-3,5,7,14,17,23H,4,6,8,10-11H2,1H3,(H2,20,21,22)/t14-,17+/m0/s1. The Morgan fingerprint density at radius 2 is 2.33 bits per heavy atom. The van der Waals surface area contributed by atoms with Crippen molar-refractivity contribution >= 4 is 5.82 Å². The van der Waals surface area contributed by atoms with Gasteiger partial charge in [-0.15, -0.1) is 0 Å². The minimum absolute atomic E-state index is 0.0481. The number of aromatic amines is 1. The summed E-state index contributed by atoms with van der Waals surface area (Å²) in [7, 11) is 0. The fourth-order valence-corrected chi connectivity index (χ4v) is 3.08. The molecular weight excluding hydrogens is 304 g/mol. The molecule has 0 aliphatic heterocycles. The zero-order chi connectivity index (χ0) is 16.9. The number of aliphatic hydroxyl groups is 1. The van der Waals surface area contributed by atoms with Crippen molar-refractivity contribution in [3.8, 4) is 6.07 Å². The number of anilines is 1. The molecular formula is C18H22N4O2. The van der Waals surface area contributed by atoms with Crippen molar-refractivity contribution in [2.75, 3.05) is 18.5 Å². The number of benzene rings is 1. The van der Waals surface area contributed by atoms with E-state index in [1.54, 1.807) is 6.92 Å². The Labute approximate surface area is 141 Å². The number of aromatic nitrogens is 2. The average molecular weight is 326 g/mol. The van der Waals surface area contributed by atoms with Gasteiger partial charge in [0.25, 0.3) is 0 Å². The summed E-state index contributed by atoms with van der Waals surface area (Å²) in [6, 6.07) is 10.4. The highest BCUT2D eigenvalue weighted by Gasteiger charge is 2.21. The molecule has 1 aliphatic rings. The summed E-state index contributed by atoms with van der Waals surface area (Å²) in [5.41, 5.74) is 3.76. The number of fused-ring (bicyclic) bond motifs is 1. The number of nitrogens with one attached hydrogen (secondary N) is 2. The van der Waals surface area contributed by atoms with Crippen molar-refractivity contribution in [1.29, 1.82) is 5.26 Å². The van der Waals surface area contributed by atoms with Crippen molar-refractivity contribution < 1.29 is 9.84 Å². The van der Waals surface area contributed by atoms with Gasteiger partial charge in [0, 0.05) is 6.54 Å². The number of aryl methyl sites for hydroxylation is 2. The van der Waals surface area contributed by atoms with Gasteiger partial charge >= 0.3 is 0 Å². The van der Waals surface area contributed by atoms with Crippen LogP contribution in [0.15, 0.2) is 24.3 Å². The lowest BCUT2D eigenvalue weighted by Crippen LogP contribution is -2.27. The minimum atomic E-state index is -0.664. The maximum absolute atomic E-state index is 10.2. The fraction of sp³-hybridized carbons (Fsp3) is 0.444. The molecule has 0 radical (unpaired) electrons. The molecule has 1 aromatic heterocycles. The van der Waals surface area contributed by atoms with Gasteiger partial charge in [-0.2, -0.15) is 10.4 Å². The minimum Gasteiger partial charge on any atom is -0.389 e. The molecule has 3 N–H and O–H groups in total. The molecule has 0 saturated heterocycles. The van der Waals surface area contributed by atoms with E-state index in [0.717, 1.165) is 19.3 Å². The van der Waals surface area contributed by atoms with Crippen LogP contribution in [0.5, 0.6) is 0 Å². The molecule has 0 saturated carbocycles. The zero-order valence-corrected chi connectivity index (χ0v) is 13.7. The van der Waals surface area contributed by atoms with Gasteiger partial charge in [-0.3, -0.25) is 5.10 Å². The van der Waals surface area contributed by atoms with Gasteiger partial charge in [0.2, 0.25) is 0 Å². The van der Waals surface area contributed by atoms with E-state index in [9.17, 15) is 5.11 Å². The third kappa shape index (κ3) is 3.58. The van der Waals surface area contributed by atoms with Crippen LogP contribution in [0.1, 0.15) is 41.3 Å². The van der Waals surface area contributed by atoms with Crippen molar-refractivity contribution in [3.63, 3.8) is 0 Å². The molecule has 126 valence electrons. The number of H-pyrrole nitrogens is 1. The summed E-state index contributed by atoms with van der Waals surface area (Å²) < 4.78 is 5.94. The maximum atomic E-state index is 10.2.